The third-order valence-electron chi connectivity index (χ3n) is 3.34. The van der Waals surface area contributed by atoms with E-state index in [2.05, 4.69) is 0 Å². The van der Waals surface area contributed by atoms with Crippen molar-refractivity contribution in [3.05, 3.63) is 0 Å². The van der Waals surface area contributed by atoms with Crippen LogP contribution < -0.4 is 22.9 Å². The normalized spacial score (nSPS) is 14.4. The van der Waals surface area contributed by atoms with Gasteiger partial charge in [-0.1, -0.05) is 13.8 Å². The molecule has 26 heavy (non-hydrogen) atoms. The van der Waals surface area contributed by atoms with Gasteiger partial charge in [0.1, 0.15) is 25.3 Å². The van der Waals surface area contributed by atoms with E-state index < -0.39 is 36.1 Å². The average Bonchev–Trinajstić information content (AvgIpc) is 2.60. The lowest BCUT2D eigenvalue weighted by Crippen LogP contribution is -2.41. The summed E-state index contributed by atoms with van der Waals surface area (Å²) in [6.45, 7) is 3.30. The van der Waals surface area contributed by atoms with Crippen LogP contribution in [0.3, 0.4) is 0 Å². The van der Waals surface area contributed by atoms with Gasteiger partial charge in [0, 0.05) is 0 Å². The minimum absolute atomic E-state index is 0.199. The van der Waals surface area contributed by atoms with Crippen molar-refractivity contribution < 1.29 is 28.6 Å². The molecule has 0 aromatic heterocycles. The van der Waals surface area contributed by atoms with Crippen molar-refractivity contribution in [3.63, 3.8) is 0 Å². The highest BCUT2D eigenvalue weighted by atomic mass is 16.6. The first-order chi connectivity index (χ1) is 12.2. The maximum Gasteiger partial charge on any atom is 0.323 e. The van der Waals surface area contributed by atoms with E-state index in [9.17, 15) is 14.4 Å². The van der Waals surface area contributed by atoms with E-state index in [1.54, 1.807) is 0 Å². The van der Waals surface area contributed by atoms with Crippen LogP contribution in [0.4, 0.5) is 0 Å². The van der Waals surface area contributed by atoms with Crippen molar-refractivity contribution in [2.24, 2.45) is 28.9 Å². The van der Waals surface area contributed by atoms with Crippen molar-refractivity contribution in [1.82, 2.24) is 0 Å². The van der Waals surface area contributed by atoms with E-state index in [1.807, 2.05) is 13.8 Å². The first-order valence-corrected chi connectivity index (χ1v) is 8.65. The third kappa shape index (κ3) is 11.0. The van der Waals surface area contributed by atoms with Gasteiger partial charge in [-0.25, -0.2) is 0 Å². The molecule has 0 aromatic carbocycles. The maximum absolute atomic E-state index is 12.0. The molecule has 10 heteroatoms. The molecule has 0 aliphatic rings. The molecule has 0 saturated heterocycles. The third-order valence-corrected chi connectivity index (χ3v) is 3.34. The number of rotatable bonds is 13. The second-order valence-electron chi connectivity index (χ2n) is 6.35. The highest BCUT2D eigenvalue weighted by Crippen LogP contribution is 2.07. The molecule has 0 heterocycles. The van der Waals surface area contributed by atoms with Crippen LogP contribution in [0.15, 0.2) is 0 Å². The minimum Gasteiger partial charge on any atom is -0.461 e. The summed E-state index contributed by atoms with van der Waals surface area (Å²) in [5.41, 5.74) is 22.0. The van der Waals surface area contributed by atoms with Gasteiger partial charge in [0.2, 0.25) is 0 Å². The molecule has 0 rings (SSSR count). The number of carbonyl (C=O) groups is 3. The number of carbonyl (C=O) groups excluding carboxylic acids is 3. The largest absolute Gasteiger partial charge is 0.461 e. The zero-order chi connectivity index (χ0) is 20.1. The number of hydrogen-bond acceptors (Lipinski definition) is 10. The van der Waals surface area contributed by atoms with Crippen LogP contribution in [0.1, 0.15) is 33.1 Å². The average molecular weight is 376 g/mol. The molecule has 1 unspecified atom stereocenters. The molecule has 0 aromatic rings. The van der Waals surface area contributed by atoms with Gasteiger partial charge in [0.25, 0.3) is 0 Å². The van der Waals surface area contributed by atoms with Gasteiger partial charge in [-0.3, -0.25) is 14.4 Å². The van der Waals surface area contributed by atoms with E-state index >= 15 is 0 Å². The molecule has 0 bridgehead atoms. The van der Waals surface area contributed by atoms with Crippen molar-refractivity contribution in [2.75, 3.05) is 26.3 Å². The zero-order valence-electron chi connectivity index (χ0n) is 15.5. The number of hydrogen-bond donors (Lipinski definition) is 4. The Bertz CT molecular complexity index is 446. The number of esters is 3. The second-order valence-corrected chi connectivity index (χ2v) is 6.35. The molecule has 0 radical (unpaired) electrons. The highest BCUT2D eigenvalue weighted by molar-refractivity contribution is 5.76. The van der Waals surface area contributed by atoms with Gasteiger partial charge in [-0.15, -0.1) is 0 Å². The maximum atomic E-state index is 12.0. The predicted molar refractivity (Wildman–Crippen MR) is 94.5 cm³/mol. The Morgan fingerprint density at radius 1 is 0.923 bits per heavy atom. The predicted octanol–water partition coefficient (Wildman–Crippen LogP) is -1.62. The fourth-order valence-electron chi connectivity index (χ4n) is 1.95. The molecule has 0 fully saturated rings. The van der Waals surface area contributed by atoms with Crippen LogP contribution in [0, 0.1) is 5.92 Å². The van der Waals surface area contributed by atoms with Crippen LogP contribution in [-0.2, 0) is 28.6 Å². The van der Waals surface area contributed by atoms with Crippen molar-refractivity contribution in [1.29, 1.82) is 0 Å². The molecule has 0 saturated carbocycles. The molecule has 3 atom stereocenters. The SMILES string of the molecule is CC(C)C[C@H](N)C(=O)OC(COC(=O)CN)COC(=O)[C@@H](N)CCCN. The molecule has 152 valence electrons. The summed E-state index contributed by atoms with van der Waals surface area (Å²) >= 11 is 0. The lowest BCUT2D eigenvalue weighted by molar-refractivity contribution is -0.168. The Morgan fingerprint density at radius 2 is 1.54 bits per heavy atom. The minimum atomic E-state index is -0.998. The van der Waals surface area contributed by atoms with Crippen molar-refractivity contribution >= 4 is 17.9 Å². The van der Waals surface area contributed by atoms with Crippen LogP contribution in [-0.4, -0.2) is 62.4 Å². The first-order valence-electron chi connectivity index (χ1n) is 8.65. The van der Waals surface area contributed by atoms with E-state index in [4.69, 9.17) is 37.1 Å². The fraction of sp³-hybridized carbons (Fsp3) is 0.812. The lowest BCUT2D eigenvalue weighted by atomic mass is 10.1. The molecule has 10 nitrogen and oxygen atoms in total. The molecular weight excluding hydrogens is 344 g/mol. The van der Waals surface area contributed by atoms with Crippen molar-refractivity contribution in [3.8, 4) is 0 Å². The summed E-state index contributed by atoms with van der Waals surface area (Å²) in [5.74, 6) is -1.81. The number of ether oxygens (including phenoxy) is 3. The van der Waals surface area contributed by atoms with Gasteiger partial charge in [-0.05, 0) is 31.7 Å². The standard InChI is InChI=1S/C16H32N4O6/c1-10(2)6-13(20)16(23)26-11(8-24-14(21)7-18)9-25-15(22)12(19)4-3-5-17/h10-13H,3-9,17-20H2,1-2H3/t11?,12-,13-/m0/s1. The Balaban J connectivity index is 4.65. The van der Waals surface area contributed by atoms with Crippen LogP contribution in [0.5, 0.6) is 0 Å². The summed E-state index contributed by atoms with van der Waals surface area (Å²) in [4.78, 5) is 35.1. The van der Waals surface area contributed by atoms with E-state index in [0.717, 1.165) is 0 Å². The highest BCUT2D eigenvalue weighted by Gasteiger charge is 2.24. The molecule has 0 amide bonds. The van der Waals surface area contributed by atoms with Gasteiger partial charge < -0.3 is 37.1 Å². The van der Waals surface area contributed by atoms with E-state index in [0.29, 0.717) is 25.8 Å². The summed E-state index contributed by atoms with van der Waals surface area (Å²) in [6.07, 6.45) is 0.383. The zero-order valence-corrected chi connectivity index (χ0v) is 15.5. The quantitative estimate of drug-likeness (QED) is 0.215. The molecule has 0 aliphatic heterocycles. The second kappa shape index (κ2) is 13.5. The Kier molecular flexibility index (Phi) is 12.5. The monoisotopic (exact) mass is 376 g/mol. The summed E-state index contributed by atoms with van der Waals surface area (Å²) in [6, 6.07) is -1.66. The van der Waals surface area contributed by atoms with Gasteiger partial charge >= 0.3 is 17.9 Å². The van der Waals surface area contributed by atoms with Crippen LogP contribution in [0.2, 0.25) is 0 Å². The summed E-state index contributed by atoms with van der Waals surface area (Å²) < 4.78 is 15.1. The Hall–Kier alpha value is -1.75. The topological polar surface area (TPSA) is 183 Å². The molecular formula is C16H32N4O6. The first kappa shape index (κ1) is 24.2. The Morgan fingerprint density at radius 3 is 2.08 bits per heavy atom. The summed E-state index contributed by atoms with van der Waals surface area (Å²) in [5, 5.41) is 0. The van der Waals surface area contributed by atoms with Gasteiger partial charge in [0.05, 0.1) is 6.54 Å². The van der Waals surface area contributed by atoms with Crippen LogP contribution >= 0.6 is 0 Å². The van der Waals surface area contributed by atoms with Crippen molar-refractivity contribution in [2.45, 2.75) is 51.3 Å². The fourth-order valence-corrected chi connectivity index (χ4v) is 1.95. The molecule has 0 aliphatic carbocycles. The smallest absolute Gasteiger partial charge is 0.323 e. The van der Waals surface area contributed by atoms with E-state index in [-0.39, 0.29) is 25.7 Å². The summed E-state index contributed by atoms with van der Waals surface area (Å²) in [7, 11) is 0. The van der Waals surface area contributed by atoms with Gasteiger partial charge in [-0.2, -0.15) is 0 Å². The number of nitrogens with two attached hydrogens (primary N) is 4. The lowest BCUT2D eigenvalue weighted by Gasteiger charge is -2.21. The Labute approximate surface area is 153 Å². The van der Waals surface area contributed by atoms with E-state index in [1.165, 1.54) is 0 Å². The molecule has 8 N–H and O–H groups in total. The molecule has 0 spiro atoms. The van der Waals surface area contributed by atoms with Gasteiger partial charge in [0.15, 0.2) is 6.10 Å². The van der Waals surface area contributed by atoms with Crippen LogP contribution in [0.25, 0.3) is 0 Å².